The summed E-state index contributed by atoms with van der Waals surface area (Å²) in [5.41, 5.74) is 4.64. The third-order valence-electron chi connectivity index (χ3n) is 4.12. The molecule has 0 bridgehead atoms. The monoisotopic (exact) mass is 346 g/mol. The second-order valence-electron chi connectivity index (χ2n) is 5.56. The Bertz CT molecular complexity index is 639. The number of fused-ring (bicyclic) bond motifs is 1. The molecule has 1 aliphatic heterocycles. The summed E-state index contributed by atoms with van der Waals surface area (Å²) < 4.78 is 6.93. The highest BCUT2D eigenvalue weighted by Crippen LogP contribution is 2.35. The first-order valence-corrected chi connectivity index (χ1v) is 8.08. The van der Waals surface area contributed by atoms with Crippen molar-refractivity contribution in [2.75, 3.05) is 6.61 Å². The molecule has 2 atom stereocenters. The Morgan fingerprint density at radius 2 is 2.10 bits per heavy atom. The van der Waals surface area contributed by atoms with Crippen LogP contribution in [0.3, 0.4) is 0 Å². The van der Waals surface area contributed by atoms with Gasteiger partial charge in [0.1, 0.15) is 0 Å². The summed E-state index contributed by atoms with van der Waals surface area (Å²) >= 11 is 3.46. The third kappa shape index (κ3) is 3.20. The van der Waals surface area contributed by atoms with Crippen LogP contribution in [-0.4, -0.2) is 11.7 Å². The van der Waals surface area contributed by atoms with Crippen molar-refractivity contribution >= 4 is 15.9 Å². The molecule has 110 valence electrons. The normalized spacial score (nSPS) is 19.1. The number of benzene rings is 2. The summed E-state index contributed by atoms with van der Waals surface area (Å²) in [5, 5.41) is 10.6. The van der Waals surface area contributed by atoms with Gasteiger partial charge in [-0.15, -0.1) is 0 Å². The summed E-state index contributed by atoms with van der Waals surface area (Å²) in [6.07, 6.45) is 1.03. The molecule has 2 unspecified atom stereocenters. The van der Waals surface area contributed by atoms with Crippen LogP contribution in [0.1, 0.15) is 40.9 Å². The molecular formula is C18H19BrO2. The molecule has 2 nitrogen and oxygen atoms in total. The Labute approximate surface area is 133 Å². The van der Waals surface area contributed by atoms with Gasteiger partial charge in [0, 0.05) is 10.9 Å². The highest BCUT2D eigenvalue weighted by molar-refractivity contribution is 9.10. The van der Waals surface area contributed by atoms with Crippen molar-refractivity contribution in [2.24, 2.45) is 0 Å². The number of ether oxygens (including phenoxy) is 1. The zero-order valence-electron chi connectivity index (χ0n) is 12.1. The number of halogens is 1. The lowest BCUT2D eigenvalue weighted by Gasteiger charge is -2.28. The molecule has 0 spiro atoms. The van der Waals surface area contributed by atoms with Crippen LogP contribution in [-0.2, 0) is 11.2 Å². The Morgan fingerprint density at radius 1 is 1.29 bits per heavy atom. The quantitative estimate of drug-likeness (QED) is 0.886. The minimum Gasteiger partial charge on any atom is -0.388 e. The minimum absolute atomic E-state index is 0.0204. The van der Waals surface area contributed by atoms with Gasteiger partial charge in [-0.1, -0.05) is 46.3 Å². The SMILES string of the molecule is Cc1cc(Br)ccc1C(O)CC1OCCc2ccccc21. The molecule has 1 N–H and O–H groups in total. The van der Waals surface area contributed by atoms with E-state index in [0.29, 0.717) is 6.42 Å². The number of hydrogen-bond acceptors (Lipinski definition) is 2. The van der Waals surface area contributed by atoms with E-state index in [2.05, 4.69) is 34.1 Å². The van der Waals surface area contributed by atoms with Crippen LogP contribution in [0.5, 0.6) is 0 Å². The molecular weight excluding hydrogens is 328 g/mol. The molecule has 0 fully saturated rings. The van der Waals surface area contributed by atoms with Crippen LogP contribution >= 0.6 is 15.9 Å². The Balaban J connectivity index is 1.81. The van der Waals surface area contributed by atoms with Crippen molar-refractivity contribution in [3.63, 3.8) is 0 Å². The second-order valence-corrected chi connectivity index (χ2v) is 6.48. The van der Waals surface area contributed by atoms with E-state index in [9.17, 15) is 5.11 Å². The van der Waals surface area contributed by atoms with Crippen molar-refractivity contribution in [2.45, 2.75) is 32.0 Å². The van der Waals surface area contributed by atoms with E-state index < -0.39 is 6.10 Å². The van der Waals surface area contributed by atoms with Crippen molar-refractivity contribution in [3.05, 3.63) is 69.2 Å². The van der Waals surface area contributed by atoms with E-state index >= 15 is 0 Å². The van der Waals surface area contributed by atoms with Gasteiger partial charge in [-0.2, -0.15) is 0 Å². The van der Waals surface area contributed by atoms with Gasteiger partial charge in [0.15, 0.2) is 0 Å². The van der Waals surface area contributed by atoms with E-state index in [1.165, 1.54) is 11.1 Å². The van der Waals surface area contributed by atoms with Crippen molar-refractivity contribution in [3.8, 4) is 0 Å². The maximum atomic E-state index is 10.6. The summed E-state index contributed by atoms with van der Waals surface area (Å²) in [6, 6.07) is 14.4. The predicted molar refractivity (Wildman–Crippen MR) is 87.3 cm³/mol. The first kappa shape index (κ1) is 14.8. The Morgan fingerprint density at radius 3 is 2.90 bits per heavy atom. The summed E-state index contributed by atoms with van der Waals surface area (Å²) in [7, 11) is 0. The average molecular weight is 347 g/mol. The van der Waals surface area contributed by atoms with Crippen LogP contribution in [0.2, 0.25) is 0 Å². The van der Waals surface area contributed by atoms with Gasteiger partial charge in [0.05, 0.1) is 18.8 Å². The first-order valence-electron chi connectivity index (χ1n) is 7.28. The summed E-state index contributed by atoms with van der Waals surface area (Å²) in [4.78, 5) is 0. The van der Waals surface area contributed by atoms with E-state index in [1.807, 2.05) is 31.2 Å². The van der Waals surface area contributed by atoms with Crippen LogP contribution in [0, 0.1) is 6.92 Å². The maximum Gasteiger partial charge on any atom is 0.0855 e. The highest BCUT2D eigenvalue weighted by atomic mass is 79.9. The molecule has 0 amide bonds. The third-order valence-corrected chi connectivity index (χ3v) is 4.61. The molecule has 2 aromatic carbocycles. The smallest absolute Gasteiger partial charge is 0.0855 e. The molecule has 21 heavy (non-hydrogen) atoms. The Kier molecular flexibility index (Phi) is 4.43. The van der Waals surface area contributed by atoms with Gasteiger partial charge in [0.2, 0.25) is 0 Å². The first-order chi connectivity index (χ1) is 10.1. The number of aliphatic hydroxyl groups excluding tert-OH is 1. The van der Waals surface area contributed by atoms with Gasteiger partial charge >= 0.3 is 0 Å². The molecule has 1 heterocycles. The fraction of sp³-hybridized carbons (Fsp3) is 0.333. The van der Waals surface area contributed by atoms with Crippen molar-refractivity contribution in [1.82, 2.24) is 0 Å². The average Bonchev–Trinajstić information content (AvgIpc) is 2.47. The molecule has 0 saturated carbocycles. The van der Waals surface area contributed by atoms with Crippen LogP contribution in [0.4, 0.5) is 0 Å². The fourth-order valence-corrected chi connectivity index (χ4v) is 3.49. The van der Waals surface area contributed by atoms with E-state index in [1.54, 1.807) is 0 Å². The number of aliphatic hydroxyl groups is 1. The predicted octanol–water partition coefficient (Wildman–Crippen LogP) is 4.50. The zero-order chi connectivity index (χ0) is 14.8. The molecule has 3 heteroatoms. The van der Waals surface area contributed by atoms with Gasteiger partial charge in [-0.25, -0.2) is 0 Å². The van der Waals surface area contributed by atoms with Crippen molar-refractivity contribution < 1.29 is 9.84 Å². The van der Waals surface area contributed by atoms with Gasteiger partial charge in [0.25, 0.3) is 0 Å². The molecule has 0 saturated heterocycles. The summed E-state index contributed by atoms with van der Waals surface area (Å²) in [6.45, 7) is 2.76. The van der Waals surface area contributed by atoms with E-state index in [4.69, 9.17) is 4.74 Å². The second kappa shape index (κ2) is 6.30. The van der Waals surface area contributed by atoms with Gasteiger partial charge < -0.3 is 9.84 Å². The zero-order valence-corrected chi connectivity index (χ0v) is 13.6. The lowest BCUT2D eigenvalue weighted by molar-refractivity contribution is 0.00364. The van der Waals surface area contributed by atoms with Gasteiger partial charge in [-0.3, -0.25) is 0 Å². The van der Waals surface area contributed by atoms with Gasteiger partial charge in [-0.05, 0) is 47.7 Å². The molecule has 2 aromatic rings. The number of hydrogen-bond donors (Lipinski definition) is 1. The van der Waals surface area contributed by atoms with Crippen LogP contribution < -0.4 is 0 Å². The van der Waals surface area contributed by atoms with Crippen LogP contribution in [0.15, 0.2) is 46.9 Å². The molecule has 0 aromatic heterocycles. The summed E-state index contributed by atoms with van der Waals surface area (Å²) in [5.74, 6) is 0. The van der Waals surface area contributed by atoms with Crippen molar-refractivity contribution in [1.29, 1.82) is 0 Å². The number of rotatable bonds is 3. The van der Waals surface area contributed by atoms with E-state index in [-0.39, 0.29) is 6.10 Å². The largest absolute Gasteiger partial charge is 0.388 e. The maximum absolute atomic E-state index is 10.6. The van der Waals surface area contributed by atoms with Crippen LogP contribution in [0.25, 0.3) is 0 Å². The highest BCUT2D eigenvalue weighted by Gasteiger charge is 2.24. The molecule has 3 rings (SSSR count). The molecule has 0 aliphatic carbocycles. The lowest BCUT2D eigenvalue weighted by Crippen LogP contribution is -2.18. The lowest BCUT2D eigenvalue weighted by atomic mass is 9.91. The van der Waals surface area contributed by atoms with E-state index in [0.717, 1.165) is 28.6 Å². The fourth-order valence-electron chi connectivity index (χ4n) is 3.01. The topological polar surface area (TPSA) is 29.5 Å². The molecule has 1 aliphatic rings. The Hall–Kier alpha value is -1.16. The number of aryl methyl sites for hydroxylation is 1. The standard InChI is InChI=1S/C18H19BrO2/c1-12-10-14(19)6-7-15(12)17(20)11-18-16-5-3-2-4-13(16)8-9-21-18/h2-7,10,17-18,20H,8-9,11H2,1H3. The molecule has 0 radical (unpaired) electrons. The minimum atomic E-state index is -0.505.